The Kier molecular flexibility index (Phi) is 4.06. The molecule has 2 heterocycles. The number of nitrogens with zero attached hydrogens (tertiary/aromatic N) is 2. The van der Waals surface area contributed by atoms with Crippen LogP contribution in [-0.4, -0.2) is 44.0 Å². The number of rotatable bonds is 3. The predicted molar refractivity (Wildman–Crippen MR) is 68.9 cm³/mol. The van der Waals surface area contributed by atoms with Crippen LogP contribution in [0.5, 0.6) is 0 Å². The Hall–Kier alpha value is -0.890. The summed E-state index contributed by atoms with van der Waals surface area (Å²) >= 11 is 5.86. The van der Waals surface area contributed by atoms with Crippen molar-refractivity contribution in [3.8, 4) is 0 Å². The topological polar surface area (TPSA) is 71.5 Å². The first-order valence-electron chi connectivity index (χ1n) is 5.47. The van der Waals surface area contributed by atoms with Gasteiger partial charge in [-0.1, -0.05) is 11.6 Å². The zero-order chi connectivity index (χ0) is 13.2. The third-order valence-corrected chi connectivity index (χ3v) is 4.35. The van der Waals surface area contributed by atoms with Crippen LogP contribution in [0.15, 0.2) is 12.3 Å². The minimum absolute atomic E-state index is 0.137. The van der Waals surface area contributed by atoms with E-state index in [1.807, 2.05) is 6.92 Å². The average molecular weight is 292 g/mol. The molecule has 0 spiro atoms. The second-order valence-electron chi connectivity index (χ2n) is 3.97. The summed E-state index contributed by atoms with van der Waals surface area (Å²) < 4.78 is 33.1. The lowest BCUT2D eigenvalue weighted by Crippen LogP contribution is -2.43. The number of aryl methyl sites for hydroxylation is 1. The quantitative estimate of drug-likeness (QED) is 0.845. The molecule has 1 aliphatic heterocycles. The number of hydrogen-bond donors (Lipinski definition) is 1. The normalized spacial score (nSPS) is 17.7. The summed E-state index contributed by atoms with van der Waals surface area (Å²) in [6, 6.07) is 1.65. The van der Waals surface area contributed by atoms with E-state index in [4.69, 9.17) is 16.3 Å². The van der Waals surface area contributed by atoms with E-state index < -0.39 is 10.2 Å². The van der Waals surface area contributed by atoms with Gasteiger partial charge in [-0.2, -0.15) is 12.7 Å². The third kappa shape index (κ3) is 3.11. The van der Waals surface area contributed by atoms with Gasteiger partial charge in [0.15, 0.2) is 5.15 Å². The van der Waals surface area contributed by atoms with E-state index in [9.17, 15) is 8.42 Å². The summed E-state index contributed by atoms with van der Waals surface area (Å²) in [5, 5.41) is 0.137. The van der Waals surface area contributed by atoms with E-state index in [0.29, 0.717) is 32.0 Å². The van der Waals surface area contributed by atoms with E-state index in [0.717, 1.165) is 5.56 Å². The highest BCUT2D eigenvalue weighted by Crippen LogP contribution is 2.22. The van der Waals surface area contributed by atoms with Crippen molar-refractivity contribution < 1.29 is 13.2 Å². The number of anilines is 1. The number of pyridine rings is 1. The first kappa shape index (κ1) is 13.5. The molecule has 0 bridgehead atoms. The molecule has 0 aliphatic carbocycles. The van der Waals surface area contributed by atoms with Crippen LogP contribution in [0, 0.1) is 6.92 Å². The smallest absolute Gasteiger partial charge is 0.301 e. The Morgan fingerprint density at radius 3 is 2.78 bits per heavy atom. The molecule has 0 atom stereocenters. The van der Waals surface area contributed by atoms with Crippen LogP contribution in [0.2, 0.25) is 5.15 Å². The Labute approximate surface area is 111 Å². The molecule has 1 aliphatic rings. The lowest BCUT2D eigenvalue weighted by Gasteiger charge is -2.26. The van der Waals surface area contributed by atoms with Gasteiger partial charge in [-0.15, -0.1) is 0 Å². The van der Waals surface area contributed by atoms with Crippen molar-refractivity contribution in [1.82, 2.24) is 9.29 Å². The Bertz CT molecular complexity index is 529. The van der Waals surface area contributed by atoms with E-state index in [2.05, 4.69) is 9.71 Å². The van der Waals surface area contributed by atoms with Crippen LogP contribution < -0.4 is 4.72 Å². The molecule has 6 nitrogen and oxygen atoms in total. The number of hydrogen-bond acceptors (Lipinski definition) is 4. The highest BCUT2D eigenvalue weighted by Gasteiger charge is 2.24. The zero-order valence-electron chi connectivity index (χ0n) is 9.89. The molecule has 0 amide bonds. The molecule has 1 aromatic rings. The van der Waals surface area contributed by atoms with Gasteiger partial charge in [0.05, 0.1) is 18.9 Å². The van der Waals surface area contributed by atoms with E-state index in [1.165, 1.54) is 4.31 Å². The van der Waals surface area contributed by atoms with Gasteiger partial charge in [-0.05, 0) is 18.6 Å². The molecule has 1 N–H and O–H groups in total. The van der Waals surface area contributed by atoms with Crippen LogP contribution in [-0.2, 0) is 14.9 Å². The van der Waals surface area contributed by atoms with Crippen LogP contribution in [0.3, 0.4) is 0 Å². The monoisotopic (exact) mass is 291 g/mol. The second-order valence-corrected chi connectivity index (χ2v) is 6.00. The van der Waals surface area contributed by atoms with Gasteiger partial charge in [0.2, 0.25) is 0 Å². The summed E-state index contributed by atoms with van der Waals surface area (Å²) in [6.07, 6.45) is 1.58. The van der Waals surface area contributed by atoms with E-state index in [1.54, 1.807) is 12.3 Å². The van der Waals surface area contributed by atoms with Gasteiger partial charge < -0.3 is 4.74 Å². The third-order valence-electron chi connectivity index (χ3n) is 2.52. The summed E-state index contributed by atoms with van der Waals surface area (Å²) in [4.78, 5) is 3.90. The number of nitrogens with one attached hydrogen (secondary N) is 1. The summed E-state index contributed by atoms with van der Waals surface area (Å²) in [5.74, 6) is 0. The van der Waals surface area contributed by atoms with Gasteiger partial charge in [0.25, 0.3) is 0 Å². The molecule has 0 unspecified atom stereocenters. The van der Waals surface area contributed by atoms with Crippen LogP contribution in [0.25, 0.3) is 0 Å². The molecule has 0 saturated carbocycles. The van der Waals surface area contributed by atoms with Crippen molar-refractivity contribution in [3.05, 3.63) is 23.0 Å². The van der Waals surface area contributed by atoms with Crippen molar-refractivity contribution in [2.75, 3.05) is 31.0 Å². The minimum Gasteiger partial charge on any atom is -0.379 e. The Morgan fingerprint density at radius 2 is 2.11 bits per heavy atom. The molecule has 0 radical (unpaired) electrons. The number of halogens is 1. The number of ether oxygens (including phenoxy) is 1. The molecular formula is C10H14ClN3O3S. The van der Waals surface area contributed by atoms with E-state index in [-0.39, 0.29) is 5.15 Å². The highest BCUT2D eigenvalue weighted by atomic mass is 35.5. The van der Waals surface area contributed by atoms with Crippen molar-refractivity contribution in [2.45, 2.75) is 6.92 Å². The molecular weight excluding hydrogens is 278 g/mol. The summed E-state index contributed by atoms with van der Waals surface area (Å²) in [5.41, 5.74) is 1.13. The predicted octanol–water partition coefficient (Wildman–Crippen LogP) is 1.03. The van der Waals surface area contributed by atoms with Crippen molar-refractivity contribution in [3.63, 3.8) is 0 Å². The lowest BCUT2D eigenvalue weighted by atomic mass is 10.3. The second kappa shape index (κ2) is 5.40. The van der Waals surface area contributed by atoms with Crippen molar-refractivity contribution in [1.29, 1.82) is 0 Å². The fourth-order valence-corrected chi connectivity index (χ4v) is 3.01. The number of aromatic nitrogens is 1. The largest absolute Gasteiger partial charge is 0.379 e. The maximum absolute atomic E-state index is 12.1. The maximum atomic E-state index is 12.1. The van der Waals surface area contributed by atoms with Crippen LogP contribution in [0.1, 0.15) is 5.56 Å². The minimum atomic E-state index is -3.60. The molecule has 0 aromatic carbocycles. The Balaban J connectivity index is 2.18. The average Bonchev–Trinajstić information content (AvgIpc) is 2.35. The molecule has 1 saturated heterocycles. The molecule has 100 valence electrons. The standard InChI is InChI=1S/C10H14ClN3O3S/c1-8-6-9(10(11)12-7-8)13-18(15,16)14-2-4-17-5-3-14/h6-7,13H,2-5H2,1H3. The zero-order valence-corrected chi connectivity index (χ0v) is 11.5. The fourth-order valence-electron chi connectivity index (χ4n) is 1.61. The van der Waals surface area contributed by atoms with Crippen molar-refractivity contribution in [2.24, 2.45) is 0 Å². The van der Waals surface area contributed by atoms with Gasteiger partial charge in [-0.25, -0.2) is 4.98 Å². The Morgan fingerprint density at radius 1 is 1.44 bits per heavy atom. The fraction of sp³-hybridized carbons (Fsp3) is 0.500. The number of morpholine rings is 1. The molecule has 8 heteroatoms. The summed E-state index contributed by atoms with van der Waals surface area (Å²) in [7, 11) is -3.60. The van der Waals surface area contributed by atoms with Crippen molar-refractivity contribution >= 4 is 27.5 Å². The first-order valence-corrected chi connectivity index (χ1v) is 7.28. The molecule has 2 rings (SSSR count). The van der Waals surface area contributed by atoms with Gasteiger partial charge >= 0.3 is 10.2 Å². The molecule has 1 aromatic heterocycles. The van der Waals surface area contributed by atoms with Gasteiger partial charge in [-0.3, -0.25) is 4.72 Å². The molecule has 1 fully saturated rings. The van der Waals surface area contributed by atoms with Gasteiger partial charge in [0.1, 0.15) is 0 Å². The van der Waals surface area contributed by atoms with Gasteiger partial charge in [0, 0.05) is 19.3 Å². The highest BCUT2D eigenvalue weighted by molar-refractivity contribution is 7.90. The lowest BCUT2D eigenvalue weighted by molar-refractivity contribution is 0.0733. The molecule has 18 heavy (non-hydrogen) atoms. The van der Waals surface area contributed by atoms with E-state index >= 15 is 0 Å². The first-order chi connectivity index (χ1) is 8.49. The SMILES string of the molecule is Cc1cnc(Cl)c(NS(=O)(=O)N2CCOCC2)c1. The maximum Gasteiger partial charge on any atom is 0.301 e. The van der Waals surface area contributed by atoms with Crippen LogP contribution >= 0.6 is 11.6 Å². The summed E-state index contributed by atoms with van der Waals surface area (Å²) in [6.45, 7) is 3.30. The van der Waals surface area contributed by atoms with Crippen LogP contribution in [0.4, 0.5) is 5.69 Å².